The number of H-pyrrole nitrogens is 1. The molecular weight excluding hydrogens is 558 g/mol. The van der Waals surface area contributed by atoms with E-state index < -0.39 is 41.8 Å². The number of pyridine rings is 1. The number of ether oxygens (including phenoxy) is 1. The zero-order chi connectivity index (χ0) is 27.8. The molecule has 2 aromatic carbocycles. The van der Waals surface area contributed by atoms with E-state index in [2.05, 4.69) is 25.6 Å². The Kier molecular flexibility index (Phi) is 7.51. The normalized spacial score (nSPS) is 11.5. The Morgan fingerprint density at radius 3 is 2.39 bits per heavy atom. The van der Waals surface area contributed by atoms with Crippen LogP contribution in [0.1, 0.15) is 15.9 Å². The number of aromatic amines is 1. The molecule has 1 amide bonds. The van der Waals surface area contributed by atoms with Crippen molar-refractivity contribution in [3.05, 3.63) is 63.6 Å². The van der Waals surface area contributed by atoms with E-state index in [9.17, 15) is 26.7 Å². The number of alkyl halides is 4. The van der Waals surface area contributed by atoms with Gasteiger partial charge in [-0.2, -0.15) is 13.2 Å². The minimum absolute atomic E-state index is 0.154. The summed E-state index contributed by atoms with van der Waals surface area (Å²) in [6.07, 6.45) is -3.60. The maximum Gasteiger partial charge on any atom is 0.418 e. The van der Waals surface area contributed by atoms with E-state index >= 15 is 0 Å². The molecule has 3 N–H and O–H groups in total. The number of fused-ring (bicyclic) bond motifs is 1. The van der Waals surface area contributed by atoms with Crippen molar-refractivity contribution in [2.75, 3.05) is 36.5 Å². The number of rotatable bonds is 7. The molecule has 38 heavy (non-hydrogen) atoms. The van der Waals surface area contributed by atoms with Crippen LogP contribution in [0.3, 0.4) is 0 Å². The first-order chi connectivity index (χ1) is 17.9. The van der Waals surface area contributed by atoms with Gasteiger partial charge < -0.3 is 25.3 Å². The summed E-state index contributed by atoms with van der Waals surface area (Å²) in [5, 5.41) is 4.13. The minimum Gasteiger partial charge on any atom is -0.462 e. The lowest BCUT2D eigenvalue weighted by Gasteiger charge is -2.23. The highest BCUT2D eigenvalue weighted by molar-refractivity contribution is 6.39. The Morgan fingerprint density at radius 1 is 1.11 bits per heavy atom. The molecule has 0 unspecified atom stereocenters. The summed E-state index contributed by atoms with van der Waals surface area (Å²) in [5.74, 6) is -2.71. The number of carbonyl (C=O) groups is 1. The van der Waals surface area contributed by atoms with E-state index in [0.717, 1.165) is 18.2 Å². The summed E-state index contributed by atoms with van der Waals surface area (Å²) in [6.45, 7) is -1.28. The molecular formula is C23H17Cl2F5N6O2. The van der Waals surface area contributed by atoms with Gasteiger partial charge in [0, 0.05) is 20.2 Å². The molecule has 2 heterocycles. The van der Waals surface area contributed by atoms with E-state index in [1.165, 1.54) is 37.5 Å². The molecule has 0 atom stereocenters. The van der Waals surface area contributed by atoms with E-state index in [-0.39, 0.29) is 32.9 Å². The Labute approximate surface area is 221 Å². The molecule has 0 saturated carbocycles. The molecule has 0 aliphatic carbocycles. The number of nitrogens with zero attached hydrogens (tertiary/aromatic N) is 3. The van der Waals surface area contributed by atoms with Gasteiger partial charge in [-0.3, -0.25) is 4.79 Å². The third-order valence-electron chi connectivity index (χ3n) is 5.23. The van der Waals surface area contributed by atoms with Crippen LogP contribution >= 0.6 is 23.2 Å². The Hall–Kier alpha value is -3.84. The lowest BCUT2D eigenvalue weighted by atomic mass is 10.1. The van der Waals surface area contributed by atoms with Gasteiger partial charge in [-0.15, -0.1) is 0 Å². The third-order valence-corrected chi connectivity index (χ3v) is 5.83. The Balaban J connectivity index is 1.88. The first kappa shape index (κ1) is 27.2. The van der Waals surface area contributed by atoms with Crippen LogP contribution < -0.4 is 20.3 Å². The van der Waals surface area contributed by atoms with Crippen molar-refractivity contribution in [1.82, 2.24) is 15.0 Å². The van der Waals surface area contributed by atoms with Crippen molar-refractivity contribution in [2.45, 2.75) is 6.18 Å². The molecule has 15 heteroatoms. The van der Waals surface area contributed by atoms with Crippen molar-refractivity contribution < 1.29 is 31.5 Å². The summed E-state index contributed by atoms with van der Waals surface area (Å²) in [6, 6.07) is 5.04. The van der Waals surface area contributed by atoms with Gasteiger partial charge in [0.25, 0.3) is 5.91 Å². The molecule has 4 rings (SSSR count). The summed E-state index contributed by atoms with van der Waals surface area (Å²) >= 11 is 12.1. The van der Waals surface area contributed by atoms with Crippen LogP contribution in [0.4, 0.5) is 45.0 Å². The van der Waals surface area contributed by atoms with Gasteiger partial charge in [0.1, 0.15) is 17.4 Å². The van der Waals surface area contributed by atoms with Crippen molar-refractivity contribution >= 4 is 63.2 Å². The van der Waals surface area contributed by atoms with Gasteiger partial charge >= 0.3 is 6.18 Å². The molecule has 0 saturated heterocycles. The zero-order valence-corrected chi connectivity index (χ0v) is 21.0. The summed E-state index contributed by atoms with van der Waals surface area (Å²) in [7, 11) is 2.91. The largest absolute Gasteiger partial charge is 0.462 e. The highest BCUT2D eigenvalue weighted by Crippen LogP contribution is 2.44. The summed E-state index contributed by atoms with van der Waals surface area (Å²) in [5.41, 5.74) is -1.67. The second-order valence-electron chi connectivity index (χ2n) is 7.99. The van der Waals surface area contributed by atoms with Gasteiger partial charge in [0.05, 0.1) is 49.9 Å². The molecule has 2 aromatic heterocycles. The highest BCUT2D eigenvalue weighted by Gasteiger charge is 2.37. The third kappa shape index (κ3) is 5.53. The zero-order valence-electron chi connectivity index (χ0n) is 19.5. The topological polar surface area (TPSA) is 95.2 Å². The standard InChI is InChI=1S/C23H17Cl2F5N6O2/c1-36(2)18-6-12(23(28,29)30)19(34-20-13(24)3-10(27)4-14(20)25)21(33-18)35-22(37)11-5-15-16(32-9-31-15)7-17(11)38-8-26/h3-7,9,34H,8H2,1-2H3,(H,31,32)(H,33,35,37). The lowest BCUT2D eigenvalue weighted by Crippen LogP contribution is -2.21. The fourth-order valence-corrected chi connectivity index (χ4v) is 4.04. The average molecular weight is 575 g/mol. The maximum atomic E-state index is 14.2. The first-order valence-corrected chi connectivity index (χ1v) is 11.3. The number of hydrogen-bond donors (Lipinski definition) is 3. The predicted octanol–water partition coefficient (Wildman–Crippen LogP) is 6.79. The molecule has 0 bridgehead atoms. The average Bonchev–Trinajstić information content (AvgIpc) is 3.28. The van der Waals surface area contributed by atoms with E-state index in [0.29, 0.717) is 11.0 Å². The number of imidazole rings is 1. The molecule has 0 radical (unpaired) electrons. The monoisotopic (exact) mass is 574 g/mol. The van der Waals surface area contributed by atoms with Gasteiger partial charge in [-0.05, 0) is 24.3 Å². The Morgan fingerprint density at radius 2 is 1.79 bits per heavy atom. The molecule has 0 fully saturated rings. The van der Waals surface area contributed by atoms with Crippen molar-refractivity contribution in [3.63, 3.8) is 0 Å². The molecule has 0 spiro atoms. The van der Waals surface area contributed by atoms with Crippen LogP contribution in [0.15, 0.2) is 36.7 Å². The van der Waals surface area contributed by atoms with Crippen LogP contribution in [0.2, 0.25) is 10.0 Å². The number of nitrogens with one attached hydrogen (secondary N) is 3. The smallest absolute Gasteiger partial charge is 0.418 e. The summed E-state index contributed by atoms with van der Waals surface area (Å²) < 4.78 is 74.2. The maximum absolute atomic E-state index is 14.2. The van der Waals surface area contributed by atoms with Crippen molar-refractivity contribution in [2.24, 2.45) is 0 Å². The number of carbonyl (C=O) groups excluding carboxylic acids is 1. The van der Waals surface area contributed by atoms with Gasteiger partial charge in [0.2, 0.25) is 6.86 Å². The van der Waals surface area contributed by atoms with Crippen LogP contribution in [-0.2, 0) is 6.18 Å². The molecule has 8 nitrogen and oxygen atoms in total. The van der Waals surface area contributed by atoms with Crippen LogP contribution in [-0.4, -0.2) is 41.8 Å². The second kappa shape index (κ2) is 10.5. The number of benzene rings is 2. The van der Waals surface area contributed by atoms with Crippen molar-refractivity contribution in [1.29, 1.82) is 0 Å². The fourth-order valence-electron chi connectivity index (χ4n) is 3.48. The lowest BCUT2D eigenvalue weighted by molar-refractivity contribution is -0.136. The molecule has 0 aliphatic heterocycles. The van der Waals surface area contributed by atoms with Crippen molar-refractivity contribution in [3.8, 4) is 5.75 Å². The Bertz CT molecular complexity index is 1500. The number of aromatic nitrogens is 3. The summed E-state index contributed by atoms with van der Waals surface area (Å²) in [4.78, 5) is 25.5. The minimum atomic E-state index is -4.94. The fraction of sp³-hybridized carbons (Fsp3) is 0.174. The second-order valence-corrected chi connectivity index (χ2v) is 8.80. The van der Waals surface area contributed by atoms with E-state index in [4.69, 9.17) is 27.9 Å². The number of hydrogen-bond acceptors (Lipinski definition) is 6. The SMILES string of the molecule is CN(C)c1cc(C(F)(F)F)c(Nc2c(Cl)cc(F)cc2Cl)c(NC(=O)c2cc3[nH]cnc3cc2OCF)n1. The predicted molar refractivity (Wildman–Crippen MR) is 134 cm³/mol. The van der Waals surface area contributed by atoms with E-state index in [1.54, 1.807) is 0 Å². The van der Waals surface area contributed by atoms with Crippen LogP contribution in [0.5, 0.6) is 5.75 Å². The quantitative estimate of drug-likeness (QED) is 0.210. The van der Waals surface area contributed by atoms with Crippen LogP contribution in [0.25, 0.3) is 11.0 Å². The van der Waals surface area contributed by atoms with E-state index in [1.807, 2.05) is 0 Å². The van der Waals surface area contributed by atoms with Gasteiger partial charge in [-0.25, -0.2) is 18.7 Å². The number of amides is 1. The molecule has 0 aliphatic rings. The van der Waals surface area contributed by atoms with Crippen LogP contribution in [0, 0.1) is 5.82 Å². The molecule has 4 aromatic rings. The number of halogens is 7. The van der Waals surface area contributed by atoms with Gasteiger partial charge in [0.15, 0.2) is 5.82 Å². The number of anilines is 4. The first-order valence-electron chi connectivity index (χ1n) is 10.6. The highest BCUT2D eigenvalue weighted by atomic mass is 35.5. The van der Waals surface area contributed by atoms with Gasteiger partial charge in [-0.1, -0.05) is 23.2 Å². The molecule has 200 valence electrons.